The quantitative estimate of drug-likeness (QED) is 0.741. The van der Waals surface area contributed by atoms with Crippen molar-refractivity contribution in [2.45, 2.75) is 31.8 Å². The van der Waals surface area contributed by atoms with Crippen LogP contribution in [0.1, 0.15) is 24.8 Å². The third kappa shape index (κ3) is 3.51. The van der Waals surface area contributed by atoms with Crippen molar-refractivity contribution in [1.82, 2.24) is 20.1 Å². The Hall–Kier alpha value is -2.60. The summed E-state index contributed by atoms with van der Waals surface area (Å²) in [4.78, 5) is 17.2. The highest BCUT2D eigenvalue weighted by Crippen LogP contribution is 2.22. The van der Waals surface area contributed by atoms with Crippen LogP contribution in [0.25, 0.3) is 10.9 Å². The second-order valence-corrected chi connectivity index (χ2v) is 7.03. The number of H-pyrrole nitrogens is 1. The van der Waals surface area contributed by atoms with Gasteiger partial charge in [-0.1, -0.05) is 6.07 Å². The number of fused-ring (bicyclic) bond motifs is 1. The number of hydrogen-bond acceptors (Lipinski definition) is 4. The molecule has 4 rings (SSSR count). The Kier molecular flexibility index (Phi) is 4.75. The molecule has 3 heterocycles. The number of aromatic amines is 1. The Balaban J connectivity index is 1.41. The van der Waals surface area contributed by atoms with Crippen molar-refractivity contribution in [3.05, 3.63) is 58.5 Å². The van der Waals surface area contributed by atoms with E-state index in [9.17, 15) is 4.79 Å². The predicted octanol–water partition coefficient (Wildman–Crippen LogP) is 2.41. The predicted molar refractivity (Wildman–Crippen MR) is 104 cm³/mol. The number of nitrogens with zero attached hydrogens (tertiary/aromatic N) is 3. The molecule has 2 N–H and O–H groups in total. The standard InChI is InChI=1S/C20H25N5O/c1-24-20(26)8-7-19(23-24)25-11-3-2-4-17(25)14-21-13-15-5-6-18-16(12-15)9-10-22-18/h5-10,12,17,21-22H,2-4,11,13-14H2,1H3. The highest BCUT2D eigenvalue weighted by Gasteiger charge is 2.23. The van der Waals surface area contributed by atoms with Crippen LogP contribution in [0.5, 0.6) is 0 Å². The normalized spacial score (nSPS) is 17.7. The number of aromatic nitrogens is 3. The third-order valence-corrected chi connectivity index (χ3v) is 5.19. The fourth-order valence-corrected chi connectivity index (χ4v) is 3.75. The molecule has 1 fully saturated rings. The number of nitrogens with one attached hydrogen (secondary N) is 2. The minimum Gasteiger partial charge on any atom is -0.361 e. The van der Waals surface area contributed by atoms with Gasteiger partial charge < -0.3 is 15.2 Å². The molecule has 1 aromatic carbocycles. The van der Waals surface area contributed by atoms with Crippen molar-refractivity contribution >= 4 is 16.7 Å². The van der Waals surface area contributed by atoms with Gasteiger partial charge in [0.15, 0.2) is 0 Å². The van der Waals surface area contributed by atoms with Gasteiger partial charge in [0.2, 0.25) is 0 Å². The lowest BCUT2D eigenvalue weighted by molar-refractivity contribution is 0.429. The Labute approximate surface area is 152 Å². The van der Waals surface area contributed by atoms with Crippen molar-refractivity contribution < 1.29 is 0 Å². The van der Waals surface area contributed by atoms with Gasteiger partial charge in [-0.25, -0.2) is 4.68 Å². The second kappa shape index (κ2) is 7.33. The molecule has 1 saturated heterocycles. The zero-order chi connectivity index (χ0) is 17.9. The van der Waals surface area contributed by atoms with Crippen molar-refractivity contribution in [2.75, 3.05) is 18.0 Å². The molecule has 0 spiro atoms. The summed E-state index contributed by atoms with van der Waals surface area (Å²) in [5, 5.41) is 9.29. The molecule has 0 saturated carbocycles. The van der Waals surface area contributed by atoms with Gasteiger partial charge in [-0.2, -0.15) is 5.10 Å². The molecule has 26 heavy (non-hydrogen) atoms. The smallest absolute Gasteiger partial charge is 0.266 e. The van der Waals surface area contributed by atoms with Gasteiger partial charge in [-0.15, -0.1) is 0 Å². The number of aryl methyl sites for hydroxylation is 1. The Bertz CT molecular complexity index is 945. The molecule has 0 aliphatic carbocycles. The SMILES string of the molecule is Cn1nc(N2CCCCC2CNCc2ccc3[nH]ccc3c2)ccc1=O. The fourth-order valence-electron chi connectivity index (χ4n) is 3.75. The molecule has 1 atom stereocenters. The first kappa shape index (κ1) is 16.8. The van der Waals surface area contributed by atoms with Crippen molar-refractivity contribution in [3.63, 3.8) is 0 Å². The van der Waals surface area contributed by atoms with Gasteiger partial charge in [-0.05, 0) is 54.5 Å². The molecule has 1 aliphatic rings. The molecule has 6 nitrogen and oxygen atoms in total. The first-order chi connectivity index (χ1) is 12.7. The molecule has 1 unspecified atom stereocenters. The van der Waals surface area contributed by atoms with E-state index in [4.69, 9.17) is 0 Å². The Morgan fingerprint density at radius 2 is 2.15 bits per heavy atom. The summed E-state index contributed by atoms with van der Waals surface area (Å²) in [6.45, 7) is 2.76. The average molecular weight is 351 g/mol. The van der Waals surface area contributed by atoms with E-state index in [-0.39, 0.29) is 5.56 Å². The van der Waals surface area contributed by atoms with Gasteiger partial charge >= 0.3 is 0 Å². The van der Waals surface area contributed by atoms with Crippen LogP contribution >= 0.6 is 0 Å². The highest BCUT2D eigenvalue weighted by atomic mass is 16.1. The lowest BCUT2D eigenvalue weighted by Crippen LogP contribution is -2.46. The number of hydrogen-bond donors (Lipinski definition) is 2. The molecule has 2 aromatic heterocycles. The van der Waals surface area contributed by atoms with Crippen LogP contribution in [0.3, 0.4) is 0 Å². The molecule has 3 aromatic rings. The van der Waals surface area contributed by atoms with E-state index in [0.717, 1.165) is 31.9 Å². The van der Waals surface area contributed by atoms with Gasteiger partial charge in [0.25, 0.3) is 5.56 Å². The Morgan fingerprint density at radius 1 is 1.23 bits per heavy atom. The molecule has 136 valence electrons. The number of rotatable bonds is 5. The van der Waals surface area contributed by atoms with Crippen molar-refractivity contribution in [1.29, 1.82) is 0 Å². The van der Waals surface area contributed by atoms with Gasteiger partial charge in [0.1, 0.15) is 5.82 Å². The highest BCUT2D eigenvalue weighted by molar-refractivity contribution is 5.79. The first-order valence-corrected chi connectivity index (χ1v) is 9.28. The van der Waals surface area contributed by atoms with E-state index in [0.29, 0.717) is 6.04 Å². The average Bonchev–Trinajstić information content (AvgIpc) is 3.12. The van der Waals surface area contributed by atoms with E-state index in [2.05, 4.69) is 44.6 Å². The zero-order valence-corrected chi connectivity index (χ0v) is 15.1. The molecule has 0 amide bonds. The van der Waals surface area contributed by atoms with Crippen LogP contribution in [0.15, 0.2) is 47.4 Å². The number of anilines is 1. The monoisotopic (exact) mass is 351 g/mol. The summed E-state index contributed by atoms with van der Waals surface area (Å²) < 4.78 is 1.42. The fraction of sp³-hybridized carbons (Fsp3) is 0.400. The van der Waals surface area contributed by atoms with Gasteiger partial charge in [-0.3, -0.25) is 4.79 Å². The summed E-state index contributed by atoms with van der Waals surface area (Å²) in [5.41, 5.74) is 2.40. The lowest BCUT2D eigenvalue weighted by atomic mass is 10.0. The molecule has 1 aliphatic heterocycles. The number of piperidine rings is 1. The summed E-state index contributed by atoms with van der Waals surface area (Å²) in [7, 11) is 1.71. The van der Waals surface area contributed by atoms with Crippen molar-refractivity contribution in [3.8, 4) is 0 Å². The zero-order valence-electron chi connectivity index (χ0n) is 15.1. The van der Waals surface area contributed by atoms with Crippen LogP contribution in [0.4, 0.5) is 5.82 Å². The molecule has 0 radical (unpaired) electrons. The van der Waals surface area contributed by atoms with E-state index < -0.39 is 0 Å². The summed E-state index contributed by atoms with van der Waals surface area (Å²) in [5.74, 6) is 0.896. The van der Waals surface area contributed by atoms with E-state index in [1.54, 1.807) is 13.1 Å². The van der Waals surface area contributed by atoms with Crippen molar-refractivity contribution in [2.24, 2.45) is 7.05 Å². The molecule has 0 bridgehead atoms. The summed E-state index contributed by atoms with van der Waals surface area (Å²) in [6, 6.07) is 12.5. The van der Waals surface area contributed by atoms with Gasteiger partial charge in [0, 0.05) is 50.5 Å². The molecular weight excluding hydrogens is 326 g/mol. The van der Waals surface area contributed by atoms with Gasteiger partial charge in [0.05, 0.1) is 0 Å². The van der Waals surface area contributed by atoms with Crippen LogP contribution in [-0.2, 0) is 13.6 Å². The van der Waals surface area contributed by atoms with E-state index in [1.807, 2.05) is 12.3 Å². The van der Waals surface area contributed by atoms with E-state index >= 15 is 0 Å². The van der Waals surface area contributed by atoms with Crippen LogP contribution in [0, 0.1) is 0 Å². The molecule has 6 heteroatoms. The topological polar surface area (TPSA) is 66.0 Å². The Morgan fingerprint density at radius 3 is 3.04 bits per heavy atom. The number of benzene rings is 1. The summed E-state index contributed by atoms with van der Waals surface area (Å²) in [6.07, 6.45) is 5.53. The maximum absolute atomic E-state index is 11.6. The maximum Gasteiger partial charge on any atom is 0.266 e. The van der Waals surface area contributed by atoms with Crippen LogP contribution in [0.2, 0.25) is 0 Å². The second-order valence-electron chi connectivity index (χ2n) is 7.03. The minimum atomic E-state index is -0.0689. The lowest BCUT2D eigenvalue weighted by Gasteiger charge is -2.36. The third-order valence-electron chi connectivity index (χ3n) is 5.19. The molecular formula is C20H25N5O. The van der Waals surface area contributed by atoms with Crippen LogP contribution in [-0.4, -0.2) is 33.9 Å². The summed E-state index contributed by atoms with van der Waals surface area (Å²) >= 11 is 0. The first-order valence-electron chi connectivity index (χ1n) is 9.28. The largest absolute Gasteiger partial charge is 0.361 e. The minimum absolute atomic E-state index is 0.0689. The van der Waals surface area contributed by atoms with E-state index in [1.165, 1.54) is 34.0 Å². The van der Waals surface area contributed by atoms with Crippen LogP contribution < -0.4 is 15.8 Å². The maximum atomic E-state index is 11.6.